The van der Waals surface area contributed by atoms with Crippen LogP contribution >= 0.6 is 47.5 Å². The third kappa shape index (κ3) is 4.74. The fraction of sp³-hybridized carbons (Fsp3) is 0.529. The molecule has 4 heterocycles. The van der Waals surface area contributed by atoms with Crippen molar-refractivity contribution >= 4 is 53.4 Å². The number of thiazole rings is 1. The molecular weight excluding hydrogens is 397 g/mol. The molecule has 2 saturated heterocycles. The number of nitrogens with one attached hydrogen (secondary N) is 1. The molecule has 2 aliphatic rings. The molecule has 4 rings (SSSR count). The Kier molecular flexibility index (Phi) is 7.70. The summed E-state index contributed by atoms with van der Waals surface area (Å²) in [6.45, 7) is 4.07. The zero-order valence-corrected chi connectivity index (χ0v) is 17.1. The van der Waals surface area contributed by atoms with E-state index in [1.54, 1.807) is 22.7 Å². The Labute approximate surface area is 168 Å². The van der Waals surface area contributed by atoms with E-state index in [9.17, 15) is 4.79 Å². The predicted octanol–water partition coefficient (Wildman–Crippen LogP) is 3.72. The molecule has 0 radical (unpaired) electrons. The highest BCUT2D eigenvalue weighted by atomic mass is 35.5. The summed E-state index contributed by atoms with van der Waals surface area (Å²) in [4.78, 5) is 20.5. The monoisotopic (exact) mass is 419 g/mol. The number of nitrogens with zero attached hydrogens (tertiary/aromatic N) is 2. The first-order valence-electron chi connectivity index (χ1n) is 8.26. The Balaban J connectivity index is 0.00000113. The summed E-state index contributed by atoms with van der Waals surface area (Å²) >= 11 is 3.33. The molecule has 0 aliphatic carbocycles. The van der Waals surface area contributed by atoms with Crippen molar-refractivity contribution < 1.29 is 4.79 Å². The maximum absolute atomic E-state index is 12.6. The highest BCUT2D eigenvalue weighted by Gasteiger charge is 2.31. The van der Waals surface area contributed by atoms with E-state index in [-0.39, 0.29) is 30.7 Å². The molecule has 25 heavy (non-hydrogen) atoms. The lowest BCUT2D eigenvalue weighted by Crippen LogP contribution is -2.34. The number of carbonyl (C=O) groups is 1. The van der Waals surface area contributed by atoms with Crippen LogP contribution in [0.25, 0.3) is 9.88 Å². The summed E-state index contributed by atoms with van der Waals surface area (Å²) in [5.74, 6) is 1.76. The lowest BCUT2D eigenvalue weighted by Gasteiger charge is -2.20. The molecule has 4 nitrogen and oxygen atoms in total. The summed E-state index contributed by atoms with van der Waals surface area (Å²) in [6.07, 6.45) is 2.72. The van der Waals surface area contributed by atoms with Gasteiger partial charge in [-0.3, -0.25) is 4.79 Å². The van der Waals surface area contributed by atoms with Crippen molar-refractivity contribution in [3.05, 3.63) is 28.6 Å². The van der Waals surface area contributed by atoms with E-state index in [0.717, 1.165) is 61.6 Å². The number of amides is 1. The average Bonchev–Trinajstić information content (AvgIpc) is 3.27. The van der Waals surface area contributed by atoms with Crippen molar-refractivity contribution in [1.29, 1.82) is 0 Å². The lowest BCUT2D eigenvalue weighted by atomic mass is 9.92. The Morgan fingerprint density at radius 1 is 1.20 bits per heavy atom. The van der Waals surface area contributed by atoms with Crippen LogP contribution in [0.15, 0.2) is 22.9 Å². The maximum Gasteiger partial charge on any atom is 0.228 e. The molecule has 0 saturated carbocycles. The van der Waals surface area contributed by atoms with Gasteiger partial charge in [0, 0.05) is 18.5 Å². The molecule has 8 heteroatoms. The van der Waals surface area contributed by atoms with Crippen molar-refractivity contribution in [3.8, 4) is 9.88 Å². The summed E-state index contributed by atoms with van der Waals surface area (Å²) < 4.78 is 0. The van der Waals surface area contributed by atoms with Crippen molar-refractivity contribution in [3.63, 3.8) is 0 Å². The number of aromatic nitrogens is 1. The molecule has 2 atom stereocenters. The van der Waals surface area contributed by atoms with Gasteiger partial charge in [-0.25, -0.2) is 4.98 Å². The van der Waals surface area contributed by atoms with Gasteiger partial charge in [0.15, 0.2) is 0 Å². The molecule has 2 aromatic heterocycles. The Hall–Kier alpha value is -0.660. The summed E-state index contributed by atoms with van der Waals surface area (Å²) in [5.41, 5.74) is 0.912. The zero-order chi connectivity index (χ0) is 15.6. The van der Waals surface area contributed by atoms with Crippen LogP contribution in [0.1, 0.15) is 18.5 Å². The molecule has 0 unspecified atom stereocenters. The molecular formula is C17H23Cl2N3OS2. The van der Waals surface area contributed by atoms with E-state index in [1.165, 1.54) is 4.88 Å². The third-order valence-electron chi connectivity index (χ3n) is 4.99. The van der Waals surface area contributed by atoms with Crippen LogP contribution in [0.2, 0.25) is 0 Å². The first-order chi connectivity index (χ1) is 11.3. The summed E-state index contributed by atoms with van der Waals surface area (Å²) in [6, 6.07) is 4.12. The quantitative estimate of drug-likeness (QED) is 0.824. The predicted molar refractivity (Wildman–Crippen MR) is 109 cm³/mol. The largest absolute Gasteiger partial charge is 0.342 e. The highest BCUT2D eigenvalue weighted by Crippen LogP contribution is 2.29. The van der Waals surface area contributed by atoms with Crippen LogP contribution in [0.3, 0.4) is 0 Å². The second-order valence-corrected chi connectivity index (χ2v) is 8.24. The number of hydrogen-bond acceptors (Lipinski definition) is 5. The fourth-order valence-electron chi connectivity index (χ4n) is 3.64. The van der Waals surface area contributed by atoms with Gasteiger partial charge in [-0.2, -0.15) is 0 Å². The third-order valence-corrected chi connectivity index (χ3v) is 6.92. The van der Waals surface area contributed by atoms with Crippen molar-refractivity contribution in [2.24, 2.45) is 11.8 Å². The Bertz CT molecular complexity index is 663. The second kappa shape index (κ2) is 9.33. The van der Waals surface area contributed by atoms with Crippen LogP contribution in [0.5, 0.6) is 0 Å². The molecule has 2 aliphatic heterocycles. The van der Waals surface area contributed by atoms with Gasteiger partial charge < -0.3 is 10.2 Å². The van der Waals surface area contributed by atoms with Crippen LogP contribution < -0.4 is 5.32 Å². The number of hydrogen-bond donors (Lipinski definition) is 1. The van der Waals surface area contributed by atoms with E-state index < -0.39 is 0 Å². The maximum atomic E-state index is 12.6. The van der Waals surface area contributed by atoms with Crippen LogP contribution in [-0.2, 0) is 11.2 Å². The first-order valence-corrected chi connectivity index (χ1v) is 10.0. The number of thiophene rings is 1. The molecule has 0 spiro atoms. The average molecular weight is 420 g/mol. The van der Waals surface area contributed by atoms with Gasteiger partial charge in [0.2, 0.25) is 5.91 Å². The minimum atomic E-state index is 0. The molecule has 0 aromatic carbocycles. The van der Waals surface area contributed by atoms with E-state index in [1.807, 2.05) is 11.4 Å². The molecule has 0 bridgehead atoms. The van der Waals surface area contributed by atoms with Gasteiger partial charge in [0.25, 0.3) is 0 Å². The smallest absolute Gasteiger partial charge is 0.228 e. The fourth-order valence-corrected chi connectivity index (χ4v) is 5.27. The highest BCUT2D eigenvalue weighted by molar-refractivity contribution is 7.20. The SMILES string of the molecule is Cl.Cl.O=C(Cc1csc(-c2cccs2)n1)N1CC[C@@H]2CNC[C@@H]2CC1. The number of halogens is 2. The number of carbonyl (C=O) groups excluding carboxylic acids is 1. The van der Waals surface area contributed by atoms with E-state index >= 15 is 0 Å². The molecule has 138 valence electrons. The van der Waals surface area contributed by atoms with Crippen LogP contribution in [0, 0.1) is 11.8 Å². The van der Waals surface area contributed by atoms with Gasteiger partial charge in [0.1, 0.15) is 5.01 Å². The van der Waals surface area contributed by atoms with Crippen LogP contribution in [0.4, 0.5) is 0 Å². The van der Waals surface area contributed by atoms with Crippen LogP contribution in [-0.4, -0.2) is 42.0 Å². The van der Waals surface area contributed by atoms with E-state index in [0.29, 0.717) is 6.42 Å². The van der Waals surface area contributed by atoms with Gasteiger partial charge in [-0.15, -0.1) is 47.5 Å². The number of fused-ring (bicyclic) bond motifs is 1. The Morgan fingerprint density at radius 3 is 2.56 bits per heavy atom. The normalized spacial score (nSPS) is 22.5. The number of rotatable bonds is 3. The van der Waals surface area contributed by atoms with Crippen molar-refractivity contribution in [1.82, 2.24) is 15.2 Å². The molecule has 1 N–H and O–H groups in total. The minimum Gasteiger partial charge on any atom is -0.342 e. The topological polar surface area (TPSA) is 45.2 Å². The summed E-state index contributed by atoms with van der Waals surface area (Å²) in [5, 5.41) is 8.60. The molecule has 1 amide bonds. The first kappa shape index (κ1) is 20.6. The van der Waals surface area contributed by atoms with Gasteiger partial charge >= 0.3 is 0 Å². The molecule has 2 fully saturated rings. The second-order valence-electron chi connectivity index (χ2n) is 6.43. The lowest BCUT2D eigenvalue weighted by molar-refractivity contribution is -0.130. The minimum absolute atomic E-state index is 0. The molecule has 2 aromatic rings. The van der Waals surface area contributed by atoms with E-state index in [2.05, 4.69) is 26.6 Å². The van der Waals surface area contributed by atoms with E-state index in [4.69, 9.17) is 0 Å². The standard InChI is InChI=1S/C17H21N3OS2.2ClH/c21-16(20-5-3-12-9-18-10-13(12)4-6-20)8-14-11-23-17(19-14)15-2-1-7-22-15;;/h1-2,7,11-13,18H,3-6,8-10H2;2*1H/t12-,13+;;. The number of likely N-dealkylation sites (tertiary alicyclic amines) is 1. The zero-order valence-electron chi connectivity index (χ0n) is 13.8. The van der Waals surface area contributed by atoms with Crippen molar-refractivity contribution in [2.75, 3.05) is 26.2 Å². The van der Waals surface area contributed by atoms with Gasteiger partial charge in [-0.05, 0) is 49.2 Å². The van der Waals surface area contributed by atoms with Gasteiger partial charge in [-0.1, -0.05) is 6.07 Å². The van der Waals surface area contributed by atoms with Crippen molar-refractivity contribution in [2.45, 2.75) is 19.3 Å². The summed E-state index contributed by atoms with van der Waals surface area (Å²) in [7, 11) is 0. The Morgan fingerprint density at radius 2 is 1.92 bits per heavy atom. The van der Waals surface area contributed by atoms with Gasteiger partial charge in [0.05, 0.1) is 17.0 Å².